The fourth-order valence-corrected chi connectivity index (χ4v) is 1.22. The Kier molecular flexibility index (Phi) is 4.53. The van der Waals surface area contributed by atoms with Crippen molar-refractivity contribution in [3.63, 3.8) is 0 Å². The third kappa shape index (κ3) is 4.01. The Morgan fingerprint density at radius 2 is 2.12 bits per heavy atom. The zero-order valence-electron chi connectivity index (χ0n) is 9.08. The molecular weight excluding hydrogens is 261 g/mol. The molecule has 0 radical (unpaired) electrons. The fourth-order valence-electron chi connectivity index (χ4n) is 1.09. The van der Waals surface area contributed by atoms with E-state index in [1.807, 2.05) is 0 Å². The molecule has 1 atom stereocenters. The van der Waals surface area contributed by atoms with Gasteiger partial charge in [0.05, 0.1) is 6.61 Å². The van der Waals surface area contributed by atoms with Crippen molar-refractivity contribution in [3.05, 3.63) is 17.0 Å². The van der Waals surface area contributed by atoms with Gasteiger partial charge in [-0.05, 0) is 18.5 Å². The van der Waals surface area contributed by atoms with Crippen LogP contribution in [0.3, 0.4) is 0 Å². The molecule has 17 heavy (non-hydrogen) atoms. The van der Waals surface area contributed by atoms with E-state index in [1.54, 1.807) is 6.92 Å². The summed E-state index contributed by atoms with van der Waals surface area (Å²) in [6.07, 6.45) is -4.58. The van der Waals surface area contributed by atoms with Crippen molar-refractivity contribution in [2.45, 2.75) is 19.2 Å². The molecule has 1 rings (SSSR count). The van der Waals surface area contributed by atoms with Crippen LogP contribution in [0, 0.1) is 0 Å². The van der Waals surface area contributed by atoms with Crippen LogP contribution >= 0.6 is 11.6 Å². The number of nitrogens with zero attached hydrogens (tertiary/aromatic N) is 2. The minimum atomic E-state index is -4.59. The van der Waals surface area contributed by atoms with Crippen LogP contribution < -0.4 is 4.74 Å². The van der Waals surface area contributed by atoms with Gasteiger partial charge in [-0.25, -0.2) is 4.98 Å². The largest absolute Gasteiger partial charge is 0.472 e. The van der Waals surface area contributed by atoms with Gasteiger partial charge in [0.15, 0.2) is 0 Å². The van der Waals surface area contributed by atoms with Crippen molar-refractivity contribution < 1.29 is 22.6 Å². The first-order chi connectivity index (χ1) is 7.84. The van der Waals surface area contributed by atoms with Crippen molar-refractivity contribution in [1.82, 2.24) is 9.97 Å². The van der Waals surface area contributed by atoms with E-state index >= 15 is 0 Å². The Labute approximate surface area is 101 Å². The molecule has 1 unspecified atom stereocenters. The summed E-state index contributed by atoms with van der Waals surface area (Å²) in [4.78, 5) is 6.70. The van der Waals surface area contributed by atoms with Crippen molar-refractivity contribution in [3.8, 4) is 5.88 Å². The van der Waals surface area contributed by atoms with Crippen molar-refractivity contribution >= 4 is 11.6 Å². The van der Waals surface area contributed by atoms with Crippen LogP contribution in [-0.2, 0) is 10.9 Å². The summed E-state index contributed by atoms with van der Waals surface area (Å²) < 4.78 is 47.5. The maximum absolute atomic E-state index is 12.6. The number of ether oxygens (including phenoxy) is 2. The standard InChI is InChI=1S/C9H10ClF3N2O2/c1-5(4-16-2)17-7-6(9(11,12)13)3-14-8(10)15-7/h3,5H,4H2,1-2H3. The molecule has 0 N–H and O–H groups in total. The number of alkyl halides is 3. The summed E-state index contributed by atoms with van der Waals surface area (Å²) >= 11 is 5.43. The molecule has 0 spiro atoms. The highest BCUT2D eigenvalue weighted by atomic mass is 35.5. The maximum atomic E-state index is 12.6. The van der Waals surface area contributed by atoms with Gasteiger partial charge in [0.2, 0.25) is 11.2 Å². The quantitative estimate of drug-likeness (QED) is 0.789. The second-order valence-corrected chi connectivity index (χ2v) is 3.58. The Bertz CT molecular complexity index is 387. The molecule has 8 heteroatoms. The lowest BCUT2D eigenvalue weighted by Gasteiger charge is -2.16. The summed E-state index contributed by atoms with van der Waals surface area (Å²) in [7, 11) is 1.41. The molecule has 4 nitrogen and oxygen atoms in total. The van der Waals surface area contributed by atoms with Gasteiger partial charge in [0, 0.05) is 13.3 Å². The SMILES string of the molecule is COCC(C)Oc1nc(Cl)ncc1C(F)(F)F. The van der Waals surface area contributed by atoms with E-state index in [4.69, 9.17) is 21.1 Å². The molecule has 0 saturated heterocycles. The molecule has 0 bridgehead atoms. The molecule has 1 heterocycles. The Hall–Kier alpha value is -1.08. The lowest BCUT2D eigenvalue weighted by molar-refractivity contribution is -0.140. The number of methoxy groups -OCH3 is 1. The normalized spacial score (nSPS) is 13.5. The Morgan fingerprint density at radius 1 is 1.47 bits per heavy atom. The molecule has 0 amide bonds. The van der Waals surface area contributed by atoms with E-state index in [0.29, 0.717) is 6.20 Å². The van der Waals surface area contributed by atoms with Crippen LogP contribution in [0.2, 0.25) is 5.28 Å². The zero-order chi connectivity index (χ0) is 13.1. The predicted octanol–water partition coefficient (Wildman–Crippen LogP) is 2.56. The van der Waals surface area contributed by atoms with Crippen molar-refractivity contribution in [2.24, 2.45) is 0 Å². The lowest BCUT2D eigenvalue weighted by atomic mass is 10.3. The van der Waals surface area contributed by atoms with Crippen molar-refractivity contribution in [2.75, 3.05) is 13.7 Å². The Morgan fingerprint density at radius 3 is 2.65 bits per heavy atom. The highest BCUT2D eigenvalue weighted by Crippen LogP contribution is 2.35. The molecule has 1 aromatic heterocycles. The Balaban J connectivity index is 2.99. The van der Waals surface area contributed by atoms with Gasteiger partial charge in [-0.1, -0.05) is 0 Å². The van der Waals surface area contributed by atoms with Gasteiger partial charge < -0.3 is 9.47 Å². The zero-order valence-corrected chi connectivity index (χ0v) is 9.84. The average molecular weight is 271 g/mol. The third-order valence-corrected chi connectivity index (χ3v) is 1.93. The monoisotopic (exact) mass is 270 g/mol. The van der Waals surface area contributed by atoms with Gasteiger partial charge in [0.25, 0.3) is 0 Å². The molecule has 0 aliphatic carbocycles. The van der Waals surface area contributed by atoms with Gasteiger partial charge in [-0.3, -0.25) is 0 Å². The van der Waals surface area contributed by atoms with Crippen LogP contribution in [0.15, 0.2) is 6.20 Å². The smallest absolute Gasteiger partial charge is 0.423 e. The van der Waals surface area contributed by atoms with Gasteiger partial charge in [-0.15, -0.1) is 0 Å². The number of hydrogen-bond donors (Lipinski definition) is 0. The minimum absolute atomic E-state index is 0.138. The first kappa shape index (κ1) is 14.0. The minimum Gasteiger partial charge on any atom is -0.472 e. The summed E-state index contributed by atoms with van der Waals surface area (Å²) in [5.74, 6) is -0.595. The maximum Gasteiger partial charge on any atom is 0.423 e. The van der Waals surface area contributed by atoms with E-state index in [-0.39, 0.29) is 11.9 Å². The fraction of sp³-hybridized carbons (Fsp3) is 0.556. The van der Waals surface area contributed by atoms with E-state index in [0.717, 1.165) is 0 Å². The van der Waals surface area contributed by atoms with E-state index < -0.39 is 23.7 Å². The predicted molar refractivity (Wildman–Crippen MR) is 54.0 cm³/mol. The number of aromatic nitrogens is 2. The van der Waals surface area contributed by atoms with Crippen LogP contribution in [0.5, 0.6) is 5.88 Å². The molecule has 0 fully saturated rings. The average Bonchev–Trinajstić information content (AvgIpc) is 2.15. The molecule has 0 aromatic carbocycles. The number of rotatable bonds is 4. The van der Waals surface area contributed by atoms with E-state index in [1.165, 1.54) is 7.11 Å². The summed E-state index contributed by atoms with van der Waals surface area (Å²) in [6.45, 7) is 1.69. The van der Waals surface area contributed by atoms with Crippen LogP contribution in [0.25, 0.3) is 0 Å². The first-order valence-electron chi connectivity index (χ1n) is 4.60. The number of halogens is 4. The van der Waals surface area contributed by atoms with Gasteiger partial charge >= 0.3 is 6.18 Å². The second kappa shape index (κ2) is 5.50. The van der Waals surface area contributed by atoms with Gasteiger partial charge in [-0.2, -0.15) is 18.2 Å². The highest BCUT2D eigenvalue weighted by Gasteiger charge is 2.36. The molecule has 1 aromatic rings. The summed E-state index contributed by atoms with van der Waals surface area (Å²) in [5, 5.41) is -0.308. The van der Waals surface area contributed by atoms with Crippen LogP contribution in [0.4, 0.5) is 13.2 Å². The molecule has 96 valence electrons. The lowest BCUT2D eigenvalue weighted by Crippen LogP contribution is -2.21. The highest BCUT2D eigenvalue weighted by molar-refractivity contribution is 6.28. The van der Waals surface area contributed by atoms with Crippen LogP contribution in [0.1, 0.15) is 12.5 Å². The third-order valence-electron chi connectivity index (χ3n) is 1.74. The number of hydrogen-bond acceptors (Lipinski definition) is 4. The molecule has 0 saturated carbocycles. The second-order valence-electron chi connectivity index (χ2n) is 3.24. The van der Waals surface area contributed by atoms with E-state index in [9.17, 15) is 13.2 Å². The van der Waals surface area contributed by atoms with Crippen molar-refractivity contribution in [1.29, 1.82) is 0 Å². The summed E-state index contributed by atoms with van der Waals surface area (Å²) in [5.41, 5.74) is -1.06. The molecule has 0 aliphatic rings. The van der Waals surface area contributed by atoms with E-state index in [2.05, 4.69) is 9.97 Å². The van der Waals surface area contributed by atoms with Crippen LogP contribution in [-0.4, -0.2) is 29.8 Å². The molecule has 0 aliphatic heterocycles. The molecular formula is C9H10ClF3N2O2. The summed E-state index contributed by atoms with van der Waals surface area (Å²) in [6, 6.07) is 0. The first-order valence-corrected chi connectivity index (χ1v) is 4.97. The topological polar surface area (TPSA) is 44.2 Å². The van der Waals surface area contributed by atoms with Gasteiger partial charge in [0.1, 0.15) is 11.7 Å².